The fourth-order valence-electron chi connectivity index (χ4n) is 2.75. The highest BCUT2D eigenvalue weighted by Crippen LogP contribution is 2.43. The SMILES string of the molecule is Cc1cc(C(=O)O)c2c(C3CC3)nn(CC(=O)NC(C)C)c2n1. The van der Waals surface area contributed by atoms with Crippen molar-refractivity contribution in [2.45, 2.75) is 52.1 Å². The second-order valence-corrected chi connectivity index (χ2v) is 6.35. The molecule has 7 nitrogen and oxygen atoms in total. The van der Waals surface area contributed by atoms with E-state index in [4.69, 9.17) is 0 Å². The Morgan fingerprint density at radius 1 is 1.43 bits per heavy atom. The van der Waals surface area contributed by atoms with Crippen molar-refractivity contribution in [3.8, 4) is 0 Å². The first kappa shape index (κ1) is 15.5. The van der Waals surface area contributed by atoms with Crippen LogP contribution in [0, 0.1) is 6.92 Å². The molecule has 122 valence electrons. The average molecular weight is 316 g/mol. The van der Waals surface area contributed by atoms with Crippen molar-refractivity contribution in [1.29, 1.82) is 0 Å². The van der Waals surface area contributed by atoms with Gasteiger partial charge in [-0.3, -0.25) is 4.79 Å². The summed E-state index contributed by atoms with van der Waals surface area (Å²) in [5.74, 6) is -0.880. The molecule has 2 N–H and O–H groups in total. The van der Waals surface area contributed by atoms with E-state index in [1.54, 1.807) is 13.0 Å². The predicted molar refractivity (Wildman–Crippen MR) is 84.5 cm³/mol. The Balaban J connectivity index is 2.12. The lowest BCUT2D eigenvalue weighted by Crippen LogP contribution is -2.33. The van der Waals surface area contributed by atoms with Gasteiger partial charge in [-0.15, -0.1) is 0 Å². The molecule has 2 heterocycles. The van der Waals surface area contributed by atoms with E-state index < -0.39 is 5.97 Å². The fraction of sp³-hybridized carbons (Fsp3) is 0.500. The first-order valence-electron chi connectivity index (χ1n) is 7.77. The van der Waals surface area contributed by atoms with Crippen LogP contribution in [-0.2, 0) is 11.3 Å². The number of aromatic carboxylic acids is 1. The molecular formula is C16H20N4O3. The molecule has 3 rings (SSSR count). The quantitative estimate of drug-likeness (QED) is 0.877. The normalized spacial score (nSPS) is 14.4. The summed E-state index contributed by atoms with van der Waals surface area (Å²) in [5, 5.41) is 17.4. The number of nitrogens with zero attached hydrogens (tertiary/aromatic N) is 3. The molecule has 0 radical (unpaired) electrons. The van der Waals surface area contributed by atoms with E-state index in [1.807, 2.05) is 13.8 Å². The van der Waals surface area contributed by atoms with Crippen LogP contribution in [0.3, 0.4) is 0 Å². The fourth-order valence-corrected chi connectivity index (χ4v) is 2.75. The highest BCUT2D eigenvalue weighted by Gasteiger charge is 2.32. The van der Waals surface area contributed by atoms with Crippen LogP contribution in [-0.4, -0.2) is 37.8 Å². The van der Waals surface area contributed by atoms with Crippen molar-refractivity contribution in [1.82, 2.24) is 20.1 Å². The smallest absolute Gasteiger partial charge is 0.336 e. The molecular weight excluding hydrogens is 296 g/mol. The zero-order valence-electron chi connectivity index (χ0n) is 13.5. The molecule has 1 amide bonds. The second kappa shape index (κ2) is 5.64. The number of nitrogens with one attached hydrogen (secondary N) is 1. The van der Waals surface area contributed by atoms with Gasteiger partial charge in [-0.25, -0.2) is 14.5 Å². The van der Waals surface area contributed by atoms with Gasteiger partial charge in [0, 0.05) is 17.7 Å². The number of aryl methyl sites for hydroxylation is 1. The van der Waals surface area contributed by atoms with E-state index >= 15 is 0 Å². The Labute approximate surface area is 133 Å². The Morgan fingerprint density at radius 2 is 2.13 bits per heavy atom. The summed E-state index contributed by atoms with van der Waals surface area (Å²) in [6.07, 6.45) is 1.99. The number of carbonyl (C=O) groups is 2. The zero-order valence-corrected chi connectivity index (χ0v) is 13.5. The van der Waals surface area contributed by atoms with Crippen LogP contribution in [0.2, 0.25) is 0 Å². The van der Waals surface area contributed by atoms with Crippen molar-refractivity contribution >= 4 is 22.9 Å². The molecule has 1 saturated carbocycles. The molecule has 0 saturated heterocycles. The highest BCUT2D eigenvalue weighted by molar-refractivity contribution is 6.03. The monoisotopic (exact) mass is 316 g/mol. The Kier molecular flexibility index (Phi) is 3.79. The molecule has 1 fully saturated rings. The zero-order chi connectivity index (χ0) is 16.7. The van der Waals surface area contributed by atoms with E-state index in [0.717, 1.165) is 18.5 Å². The summed E-state index contributed by atoms with van der Waals surface area (Å²) in [6.45, 7) is 5.56. The Morgan fingerprint density at radius 3 is 2.70 bits per heavy atom. The van der Waals surface area contributed by atoms with Crippen molar-refractivity contribution < 1.29 is 14.7 Å². The van der Waals surface area contributed by atoms with Crippen molar-refractivity contribution in [3.63, 3.8) is 0 Å². The van der Waals surface area contributed by atoms with Crippen LogP contribution in [0.25, 0.3) is 11.0 Å². The summed E-state index contributed by atoms with van der Waals surface area (Å²) < 4.78 is 1.53. The summed E-state index contributed by atoms with van der Waals surface area (Å²) in [6, 6.07) is 1.60. The number of fused-ring (bicyclic) bond motifs is 1. The van der Waals surface area contributed by atoms with Gasteiger partial charge in [-0.1, -0.05) is 0 Å². The van der Waals surface area contributed by atoms with Crippen molar-refractivity contribution in [2.24, 2.45) is 0 Å². The van der Waals surface area contributed by atoms with Gasteiger partial charge in [0.2, 0.25) is 5.91 Å². The number of carbonyl (C=O) groups excluding carboxylic acids is 1. The molecule has 7 heteroatoms. The Hall–Kier alpha value is -2.44. The molecule has 0 unspecified atom stereocenters. The minimum absolute atomic E-state index is 0.0384. The van der Waals surface area contributed by atoms with E-state index in [9.17, 15) is 14.7 Å². The van der Waals surface area contributed by atoms with Crippen LogP contribution in [0.1, 0.15) is 54.4 Å². The number of hydrogen-bond acceptors (Lipinski definition) is 4. The van der Waals surface area contributed by atoms with Crippen LogP contribution < -0.4 is 5.32 Å². The third-order valence-corrected chi connectivity index (χ3v) is 3.79. The summed E-state index contributed by atoms with van der Waals surface area (Å²) in [4.78, 5) is 28.1. The van der Waals surface area contributed by atoms with E-state index in [2.05, 4.69) is 15.4 Å². The predicted octanol–water partition coefficient (Wildman–Crippen LogP) is 1.84. The minimum Gasteiger partial charge on any atom is -0.478 e. The Bertz CT molecular complexity index is 790. The van der Waals surface area contributed by atoms with E-state index in [1.165, 1.54) is 4.68 Å². The highest BCUT2D eigenvalue weighted by atomic mass is 16.4. The number of carboxylic acids is 1. The molecule has 0 bridgehead atoms. The minimum atomic E-state index is -0.992. The lowest BCUT2D eigenvalue weighted by molar-refractivity contribution is -0.122. The maximum atomic E-state index is 12.0. The largest absolute Gasteiger partial charge is 0.478 e. The summed E-state index contributed by atoms with van der Waals surface area (Å²) in [5.41, 5.74) is 2.04. The second-order valence-electron chi connectivity index (χ2n) is 6.35. The third-order valence-electron chi connectivity index (χ3n) is 3.79. The average Bonchev–Trinajstić information content (AvgIpc) is 3.21. The first-order chi connectivity index (χ1) is 10.9. The van der Waals surface area contributed by atoms with E-state index in [0.29, 0.717) is 16.7 Å². The molecule has 23 heavy (non-hydrogen) atoms. The maximum absolute atomic E-state index is 12.0. The number of hydrogen-bond donors (Lipinski definition) is 2. The van der Waals surface area contributed by atoms with Gasteiger partial charge >= 0.3 is 5.97 Å². The molecule has 0 spiro atoms. The lowest BCUT2D eigenvalue weighted by atomic mass is 10.1. The third kappa shape index (κ3) is 3.04. The van der Waals surface area contributed by atoms with Gasteiger partial charge < -0.3 is 10.4 Å². The molecule has 2 aromatic rings. The number of aromatic nitrogens is 3. The van der Waals surface area contributed by atoms with Gasteiger partial charge in [0.25, 0.3) is 0 Å². The molecule has 0 aromatic carbocycles. The standard InChI is InChI=1S/C16H20N4O3/c1-8(2)17-12(21)7-20-15-13(14(19-20)10-4-5-10)11(16(22)23)6-9(3)18-15/h6,8,10H,4-5,7H2,1-3H3,(H,17,21)(H,22,23). The molecule has 2 aromatic heterocycles. The number of rotatable bonds is 5. The number of carboxylic acid groups (broad SMARTS) is 1. The first-order valence-corrected chi connectivity index (χ1v) is 7.77. The van der Waals surface area contributed by atoms with Crippen LogP contribution in [0.4, 0.5) is 0 Å². The molecule has 1 aliphatic rings. The van der Waals surface area contributed by atoms with Gasteiger partial charge in [0.05, 0.1) is 16.6 Å². The van der Waals surface area contributed by atoms with Crippen molar-refractivity contribution in [3.05, 3.63) is 23.0 Å². The number of pyridine rings is 1. The van der Waals surface area contributed by atoms with Gasteiger partial charge in [0.15, 0.2) is 5.65 Å². The topological polar surface area (TPSA) is 97.1 Å². The van der Waals surface area contributed by atoms with Gasteiger partial charge in [0.1, 0.15) is 6.54 Å². The molecule has 1 aliphatic carbocycles. The van der Waals surface area contributed by atoms with Crippen LogP contribution in [0.5, 0.6) is 0 Å². The van der Waals surface area contributed by atoms with Crippen LogP contribution in [0.15, 0.2) is 6.07 Å². The maximum Gasteiger partial charge on any atom is 0.336 e. The molecule has 0 aliphatic heterocycles. The van der Waals surface area contributed by atoms with E-state index in [-0.39, 0.29) is 30.0 Å². The summed E-state index contributed by atoms with van der Waals surface area (Å²) >= 11 is 0. The van der Waals surface area contributed by atoms with Crippen molar-refractivity contribution in [2.75, 3.05) is 0 Å². The van der Waals surface area contributed by atoms with Gasteiger partial charge in [-0.2, -0.15) is 5.10 Å². The van der Waals surface area contributed by atoms with Crippen LogP contribution >= 0.6 is 0 Å². The number of amides is 1. The summed E-state index contributed by atoms with van der Waals surface area (Å²) in [7, 11) is 0. The lowest BCUT2D eigenvalue weighted by Gasteiger charge is -2.08. The van der Waals surface area contributed by atoms with Gasteiger partial charge in [-0.05, 0) is 39.7 Å². The molecule has 0 atom stereocenters.